The van der Waals surface area contributed by atoms with Crippen molar-refractivity contribution >= 4 is 59.9 Å². The van der Waals surface area contributed by atoms with Gasteiger partial charge < -0.3 is 4.74 Å². The Morgan fingerprint density at radius 3 is 2.43 bits per heavy atom. The van der Waals surface area contributed by atoms with Crippen LogP contribution in [0.2, 0.25) is 0 Å². The van der Waals surface area contributed by atoms with E-state index >= 15 is 0 Å². The molecule has 0 atom stereocenters. The van der Waals surface area contributed by atoms with Crippen LogP contribution in [0.4, 0.5) is 0 Å². The smallest absolute Gasteiger partial charge is 0.275 e. The van der Waals surface area contributed by atoms with Crippen LogP contribution in [0.25, 0.3) is 0 Å². The third kappa shape index (κ3) is 4.65. The Hall–Kier alpha value is -1.18. The molecule has 7 heteroatoms. The molecule has 0 fully saturated rings. The standard InChI is InChI=1S/C16H13Br3N2O2/c1-9-13(18)5-10(6-14(9)19)8-20-21-16(22)12-7-11(17)3-4-15(12)23-2/h3-8H,1-2H3,(H,21,22)/b20-8-. The minimum atomic E-state index is -0.343. The summed E-state index contributed by atoms with van der Waals surface area (Å²) in [5.41, 5.74) is 4.87. The molecule has 1 N–H and O–H groups in total. The summed E-state index contributed by atoms with van der Waals surface area (Å²) in [5.74, 6) is 0.145. The second kappa shape index (κ2) is 8.08. The maximum absolute atomic E-state index is 12.2. The first-order chi connectivity index (χ1) is 10.9. The van der Waals surface area contributed by atoms with Crippen LogP contribution in [0.15, 0.2) is 48.9 Å². The zero-order valence-electron chi connectivity index (χ0n) is 12.4. The highest BCUT2D eigenvalue weighted by atomic mass is 79.9. The fourth-order valence-electron chi connectivity index (χ4n) is 1.82. The van der Waals surface area contributed by atoms with Crippen LogP contribution < -0.4 is 10.2 Å². The fraction of sp³-hybridized carbons (Fsp3) is 0.125. The van der Waals surface area contributed by atoms with E-state index in [1.165, 1.54) is 7.11 Å². The molecule has 0 bridgehead atoms. The van der Waals surface area contributed by atoms with Gasteiger partial charge in [-0.3, -0.25) is 4.79 Å². The Labute approximate surface area is 159 Å². The zero-order valence-corrected chi connectivity index (χ0v) is 17.1. The van der Waals surface area contributed by atoms with Gasteiger partial charge in [0.25, 0.3) is 5.91 Å². The maximum atomic E-state index is 12.2. The molecule has 23 heavy (non-hydrogen) atoms. The molecular formula is C16H13Br3N2O2. The lowest BCUT2D eigenvalue weighted by molar-refractivity contribution is 0.0952. The number of halogens is 3. The number of carbonyl (C=O) groups is 1. The third-order valence-electron chi connectivity index (χ3n) is 3.09. The second-order valence-corrected chi connectivity index (χ2v) is 7.28. The monoisotopic (exact) mass is 502 g/mol. The Morgan fingerprint density at radius 1 is 1.17 bits per heavy atom. The van der Waals surface area contributed by atoms with Crippen molar-refractivity contribution in [2.24, 2.45) is 5.10 Å². The molecule has 0 aliphatic rings. The molecule has 0 aliphatic heterocycles. The van der Waals surface area contributed by atoms with E-state index in [2.05, 4.69) is 58.3 Å². The number of ether oxygens (including phenoxy) is 1. The lowest BCUT2D eigenvalue weighted by Gasteiger charge is -2.07. The molecule has 1 amide bonds. The number of nitrogens with one attached hydrogen (secondary N) is 1. The number of carbonyl (C=O) groups excluding carboxylic acids is 1. The number of amides is 1. The van der Waals surface area contributed by atoms with Gasteiger partial charge in [0.1, 0.15) is 5.75 Å². The van der Waals surface area contributed by atoms with Gasteiger partial charge in [0, 0.05) is 13.4 Å². The molecule has 0 unspecified atom stereocenters. The quantitative estimate of drug-likeness (QED) is 0.467. The Kier molecular flexibility index (Phi) is 6.38. The largest absolute Gasteiger partial charge is 0.496 e. The molecule has 0 spiro atoms. The summed E-state index contributed by atoms with van der Waals surface area (Å²) in [7, 11) is 1.52. The van der Waals surface area contributed by atoms with E-state index in [1.54, 1.807) is 24.4 Å². The summed E-state index contributed by atoms with van der Waals surface area (Å²) in [6.07, 6.45) is 1.58. The fourth-order valence-corrected chi connectivity index (χ4v) is 3.41. The van der Waals surface area contributed by atoms with Crippen LogP contribution in [0.1, 0.15) is 21.5 Å². The lowest BCUT2D eigenvalue weighted by atomic mass is 10.2. The summed E-state index contributed by atoms with van der Waals surface area (Å²) >= 11 is 10.3. The van der Waals surface area contributed by atoms with Crippen LogP contribution in [0, 0.1) is 6.92 Å². The number of hydrogen-bond acceptors (Lipinski definition) is 3. The minimum Gasteiger partial charge on any atom is -0.496 e. The van der Waals surface area contributed by atoms with Gasteiger partial charge >= 0.3 is 0 Å². The second-order valence-electron chi connectivity index (χ2n) is 4.65. The Balaban J connectivity index is 2.14. The van der Waals surface area contributed by atoms with Crippen molar-refractivity contribution in [3.05, 3.63) is 60.4 Å². The molecule has 4 nitrogen and oxygen atoms in total. The highest BCUT2D eigenvalue weighted by Gasteiger charge is 2.12. The first-order valence-electron chi connectivity index (χ1n) is 6.55. The summed E-state index contributed by atoms with van der Waals surface area (Å²) in [5, 5.41) is 4.00. The average Bonchev–Trinajstić information content (AvgIpc) is 2.52. The van der Waals surface area contributed by atoms with Crippen molar-refractivity contribution in [1.82, 2.24) is 5.43 Å². The topological polar surface area (TPSA) is 50.7 Å². The molecule has 0 aromatic heterocycles. The summed E-state index contributed by atoms with van der Waals surface area (Å²) < 4.78 is 7.91. The molecule has 0 saturated heterocycles. The lowest BCUT2D eigenvalue weighted by Crippen LogP contribution is -2.18. The number of methoxy groups -OCH3 is 1. The number of hydrogen-bond donors (Lipinski definition) is 1. The van der Waals surface area contributed by atoms with Gasteiger partial charge in [0.2, 0.25) is 0 Å². The number of rotatable bonds is 4. The van der Waals surface area contributed by atoms with Crippen molar-refractivity contribution in [2.75, 3.05) is 7.11 Å². The van der Waals surface area contributed by atoms with Crippen molar-refractivity contribution in [3.8, 4) is 5.75 Å². The summed E-state index contributed by atoms with van der Waals surface area (Å²) in [6, 6.07) is 9.06. The van der Waals surface area contributed by atoms with Crippen LogP contribution in [0.5, 0.6) is 5.75 Å². The zero-order chi connectivity index (χ0) is 17.0. The maximum Gasteiger partial charge on any atom is 0.275 e. The van der Waals surface area contributed by atoms with E-state index in [-0.39, 0.29) is 5.91 Å². The molecule has 0 saturated carbocycles. The highest BCUT2D eigenvalue weighted by molar-refractivity contribution is 9.11. The van der Waals surface area contributed by atoms with Crippen molar-refractivity contribution in [1.29, 1.82) is 0 Å². The van der Waals surface area contributed by atoms with Crippen molar-refractivity contribution < 1.29 is 9.53 Å². The number of nitrogens with zero attached hydrogens (tertiary/aromatic N) is 1. The van der Waals surface area contributed by atoms with E-state index in [4.69, 9.17) is 4.74 Å². The van der Waals surface area contributed by atoms with Gasteiger partial charge in [0.15, 0.2) is 0 Å². The third-order valence-corrected chi connectivity index (χ3v) is 5.23. The van der Waals surface area contributed by atoms with Gasteiger partial charge in [0.05, 0.1) is 18.9 Å². The van der Waals surface area contributed by atoms with Crippen LogP contribution in [-0.4, -0.2) is 19.2 Å². The molecule has 120 valence electrons. The summed E-state index contributed by atoms with van der Waals surface area (Å²) in [4.78, 5) is 12.2. The molecule has 2 aromatic rings. The van der Waals surface area contributed by atoms with Crippen LogP contribution in [-0.2, 0) is 0 Å². The predicted molar refractivity (Wildman–Crippen MR) is 102 cm³/mol. The molecule has 2 rings (SSSR count). The SMILES string of the molecule is COc1ccc(Br)cc1C(=O)N/N=C\c1cc(Br)c(C)c(Br)c1. The van der Waals surface area contributed by atoms with Crippen LogP contribution in [0.3, 0.4) is 0 Å². The molecular weight excluding hydrogens is 492 g/mol. The van der Waals surface area contributed by atoms with Gasteiger partial charge in [-0.2, -0.15) is 5.10 Å². The van der Waals surface area contributed by atoms with Crippen molar-refractivity contribution in [2.45, 2.75) is 6.92 Å². The van der Waals surface area contributed by atoms with E-state index in [9.17, 15) is 4.79 Å². The van der Waals surface area contributed by atoms with E-state index in [1.807, 2.05) is 19.1 Å². The average molecular weight is 505 g/mol. The molecule has 0 aliphatic carbocycles. The number of benzene rings is 2. The summed E-state index contributed by atoms with van der Waals surface area (Å²) in [6.45, 7) is 2.00. The predicted octanol–water partition coefficient (Wildman–Crippen LogP) is 5.06. The van der Waals surface area contributed by atoms with E-state index in [0.717, 1.165) is 24.5 Å². The minimum absolute atomic E-state index is 0.343. The first kappa shape index (κ1) is 18.2. The van der Waals surface area contributed by atoms with Gasteiger partial charge in [-0.05, 0) is 48.4 Å². The Morgan fingerprint density at radius 2 is 1.83 bits per heavy atom. The normalized spacial score (nSPS) is 10.8. The molecule has 0 radical (unpaired) electrons. The van der Waals surface area contributed by atoms with Crippen molar-refractivity contribution in [3.63, 3.8) is 0 Å². The van der Waals surface area contributed by atoms with E-state index < -0.39 is 0 Å². The number of hydrazone groups is 1. The van der Waals surface area contributed by atoms with Gasteiger partial charge in [-0.1, -0.05) is 47.8 Å². The Bertz CT molecular complexity index is 753. The molecule has 0 heterocycles. The molecule has 2 aromatic carbocycles. The first-order valence-corrected chi connectivity index (χ1v) is 8.93. The van der Waals surface area contributed by atoms with E-state index in [0.29, 0.717) is 11.3 Å². The highest BCUT2D eigenvalue weighted by Crippen LogP contribution is 2.26. The van der Waals surface area contributed by atoms with Gasteiger partial charge in [-0.25, -0.2) is 5.43 Å². The van der Waals surface area contributed by atoms with Crippen LogP contribution >= 0.6 is 47.8 Å². The van der Waals surface area contributed by atoms with Gasteiger partial charge in [-0.15, -0.1) is 0 Å².